The average Bonchev–Trinajstić information content (AvgIpc) is 2.62. The predicted molar refractivity (Wildman–Crippen MR) is 68.8 cm³/mol. The zero-order valence-corrected chi connectivity index (χ0v) is 11.5. The van der Waals surface area contributed by atoms with Gasteiger partial charge in [-0.05, 0) is 18.3 Å². The van der Waals surface area contributed by atoms with E-state index in [-0.39, 0.29) is 31.0 Å². The number of nitrogens with two attached hydrogens (primary N) is 1. The molecule has 110 valence electrons. The first-order chi connectivity index (χ1) is 8.72. The van der Waals surface area contributed by atoms with Crippen molar-refractivity contribution in [3.63, 3.8) is 0 Å². The van der Waals surface area contributed by atoms with Crippen LogP contribution in [-0.4, -0.2) is 37.7 Å². The molecule has 4 N–H and O–H groups in total. The van der Waals surface area contributed by atoms with E-state index in [4.69, 9.17) is 10.2 Å². The lowest BCUT2D eigenvalue weighted by Gasteiger charge is -2.26. The molecule has 0 spiro atoms. The van der Waals surface area contributed by atoms with Gasteiger partial charge in [-0.25, -0.2) is 13.6 Å². The minimum Gasteiger partial charge on any atom is -0.481 e. The largest absolute Gasteiger partial charge is 0.481 e. The van der Waals surface area contributed by atoms with Gasteiger partial charge in [0.05, 0.1) is 12.2 Å². The molecule has 0 aliphatic heterocycles. The zero-order valence-electron chi connectivity index (χ0n) is 10.7. The quantitative estimate of drug-likeness (QED) is 0.599. The molecule has 1 fully saturated rings. The number of hydrogen-bond donors (Lipinski definition) is 3. The van der Waals surface area contributed by atoms with Crippen molar-refractivity contribution in [1.29, 1.82) is 0 Å². The van der Waals surface area contributed by atoms with Gasteiger partial charge in [0.2, 0.25) is 15.9 Å². The van der Waals surface area contributed by atoms with Crippen LogP contribution in [0.4, 0.5) is 0 Å². The van der Waals surface area contributed by atoms with Gasteiger partial charge >= 0.3 is 5.97 Å². The molecular weight excluding hydrogens is 272 g/mol. The lowest BCUT2D eigenvalue weighted by atomic mass is 9.79. The van der Waals surface area contributed by atoms with Crippen molar-refractivity contribution in [2.75, 3.05) is 12.3 Å². The Hall–Kier alpha value is -1.15. The molecule has 19 heavy (non-hydrogen) atoms. The van der Waals surface area contributed by atoms with E-state index in [2.05, 4.69) is 5.32 Å². The summed E-state index contributed by atoms with van der Waals surface area (Å²) < 4.78 is 21.4. The van der Waals surface area contributed by atoms with Crippen molar-refractivity contribution in [2.45, 2.75) is 38.5 Å². The van der Waals surface area contributed by atoms with E-state index in [9.17, 15) is 18.0 Å². The zero-order chi connectivity index (χ0) is 14.5. The van der Waals surface area contributed by atoms with Crippen molar-refractivity contribution in [1.82, 2.24) is 5.32 Å². The lowest BCUT2D eigenvalue weighted by Crippen LogP contribution is -2.35. The van der Waals surface area contributed by atoms with E-state index in [0.717, 1.165) is 25.7 Å². The van der Waals surface area contributed by atoms with Gasteiger partial charge in [-0.2, -0.15) is 0 Å². The highest BCUT2D eigenvalue weighted by Gasteiger charge is 2.37. The van der Waals surface area contributed by atoms with E-state index in [1.54, 1.807) is 0 Å². The summed E-state index contributed by atoms with van der Waals surface area (Å²) in [6.45, 7) is -0.0409. The minimum atomic E-state index is -3.59. The number of nitrogens with one attached hydrogen (secondary N) is 1. The van der Waals surface area contributed by atoms with Crippen LogP contribution in [0.2, 0.25) is 0 Å². The van der Waals surface area contributed by atoms with Gasteiger partial charge in [-0.15, -0.1) is 0 Å². The highest BCUT2D eigenvalue weighted by molar-refractivity contribution is 7.89. The standard InChI is InChI=1S/C11H20N2O5S/c12-19(17,18)6-5-13-9(14)7-11(8-10(15)16)3-1-2-4-11/h1-8H2,(H,13,14)(H,15,16)(H2,12,17,18). The molecule has 0 bridgehead atoms. The third-order valence-electron chi connectivity index (χ3n) is 3.43. The number of aliphatic carboxylic acids is 1. The summed E-state index contributed by atoms with van der Waals surface area (Å²) in [6, 6.07) is 0. The van der Waals surface area contributed by atoms with Crippen molar-refractivity contribution in [3.8, 4) is 0 Å². The van der Waals surface area contributed by atoms with Crippen LogP contribution in [-0.2, 0) is 19.6 Å². The molecule has 1 aliphatic rings. The topological polar surface area (TPSA) is 127 Å². The summed E-state index contributed by atoms with van der Waals surface area (Å²) in [4.78, 5) is 22.6. The fourth-order valence-corrected chi connectivity index (χ4v) is 2.98. The number of carboxylic acids is 1. The van der Waals surface area contributed by atoms with Crippen LogP contribution in [0, 0.1) is 5.41 Å². The van der Waals surface area contributed by atoms with Crippen molar-refractivity contribution < 1.29 is 23.1 Å². The number of carbonyl (C=O) groups excluding carboxylic acids is 1. The van der Waals surface area contributed by atoms with E-state index in [0.29, 0.717) is 0 Å². The van der Waals surface area contributed by atoms with E-state index >= 15 is 0 Å². The molecular formula is C11H20N2O5S. The average molecular weight is 292 g/mol. The summed E-state index contributed by atoms with van der Waals surface area (Å²) in [5.74, 6) is -1.53. The maximum atomic E-state index is 11.7. The van der Waals surface area contributed by atoms with E-state index < -0.39 is 21.4 Å². The van der Waals surface area contributed by atoms with Crippen molar-refractivity contribution >= 4 is 21.9 Å². The molecule has 0 aromatic rings. The van der Waals surface area contributed by atoms with Crippen LogP contribution in [0.15, 0.2) is 0 Å². The van der Waals surface area contributed by atoms with Gasteiger partial charge in [0.1, 0.15) is 0 Å². The van der Waals surface area contributed by atoms with Crippen LogP contribution in [0.3, 0.4) is 0 Å². The second kappa shape index (κ2) is 6.33. The Morgan fingerprint density at radius 1 is 1.21 bits per heavy atom. The fraction of sp³-hybridized carbons (Fsp3) is 0.818. The molecule has 1 rings (SSSR count). The SMILES string of the molecule is NS(=O)(=O)CCNC(=O)CC1(CC(=O)O)CCCC1. The van der Waals surface area contributed by atoms with Crippen LogP contribution < -0.4 is 10.5 Å². The summed E-state index contributed by atoms with van der Waals surface area (Å²) >= 11 is 0. The third kappa shape index (κ3) is 6.02. The second-order valence-corrected chi connectivity index (χ2v) is 6.91. The molecule has 1 aliphatic carbocycles. The number of carboxylic acid groups (broad SMARTS) is 1. The van der Waals surface area contributed by atoms with Gasteiger partial charge in [-0.3, -0.25) is 9.59 Å². The number of rotatable bonds is 7. The molecule has 0 heterocycles. The molecule has 0 aromatic heterocycles. The van der Waals surface area contributed by atoms with Crippen molar-refractivity contribution in [2.24, 2.45) is 10.6 Å². The molecule has 7 nitrogen and oxygen atoms in total. The van der Waals surface area contributed by atoms with Crippen LogP contribution in [0.1, 0.15) is 38.5 Å². The van der Waals surface area contributed by atoms with Gasteiger partial charge in [0.15, 0.2) is 0 Å². The maximum absolute atomic E-state index is 11.7. The molecule has 8 heteroatoms. The van der Waals surface area contributed by atoms with E-state index in [1.807, 2.05) is 0 Å². The number of amides is 1. The Kier molecular flexibility index (Phi) is 5.30. The highest BCUT2D eigenvalue weighted by atomic mass is 32.2. The molecule has 0 aromatic carbocycles. The lowest BCUT2D eigenvalue weighted by molar-refractivity contribution is -0.140. The van der Waals surface area contributed by atoms with Gasteiger partial charge in [-0.1, -0.05) is 12.8 Å². The molecule has 0 radical (unpaired) electrons. The van der Waals surface area contributed by atoms with Crippen LogP contribution in [0.25, 0.3) is 0 Å². The smallest absolute Gasteiger partial charge is 0.303 e. The Labute approximate surface area is 112 Å². The number of sulfonamides is 1. The van der Waals surface area contributed by atoms with Crippen molar-refractivity contribution in [3.05, 3.63) is 0 Å². The molecule has 1 amide bonds. The molecule has 0 saturated heterocycles. The van der Waals surface area contributed by atoms with E-state index in [1.165, 1.54) is 0 Å². The Bertz CT molecular complexity index is 440. The summed E-state index contributed by atoms with van der Waals surface area (Å²) in [6.07, 6.45) is 3.42. The summed E-state index contributed by atoms with van der Waals surface area (Å²) in [7, 11) is -3.59. The molecule has 1 saturated carbocycles. The number of hydrogen-bond acceptors (Lipinski definition) is 4. The summed E-state index contributed by atoms with van der Waals surface area (Å²) in [5.41, 5.74) is -0.475. The Balaban J connectivity index is 2.46. The third-order valence-corrected chi connectivity index (χ3v) is 4.21. The first-order valence-electron chi connectivity index (χ1n) is 6.21. The first-order valence-corrected chi connectivity index (χ1v) is 7.93. The van der Waals surface area contributed by atoms with Gasteiger partial charge < -0.3 is 10.4 Å². The fourth-order valence-electron chi connectivity index (χ4n) is 2.60. The van der Waals surface area contributed by atoms with Gasteiger partial charge in [0, 0.05) is 13.0 Å². The monoisotopic (exact) mass is 292 g/mol. The first kappa shape index (κ1) is 15.9. The second-order valence-electron chi connectivity index (χ2n) is 5.17. The normalized spacial score (nSPS) is 18.2. The maximum Gasteiger partial charge on any atom is 0.303 e. The summed E-state index contributed by atoms with van der Waals surface area (Å²) in [5, 5.41) is 16.2. The molecule has 0 unspecified atom stereocenters. The Morgan fingerprint density at radius 3 is 2.26 bits per heavy atom. The number of carbonyl (C=O) groups is 2. The highest BCUT2D eigenvalue weighted by Crippen LogP contribution is 2.43. The number of primary sulfonamides is 1. The molecule has 0 atom stereocenters. The van der Waals surface area contributed by atoms with Crippen LogP contribution in [0.5, 0.6) is 0 Å². The van der Waals surface area contributed by atoms with Gasteiger partial charge in [0.25, 0.3) is 0 Å². The Morgan fingerprint density at radius 2 is 1.79 bits per heavy atom. The predicted octanol–water partition coefficient (Wildman–Crippen LogP) is -0.184. The van der Waals surface area contributed by atoms with Crippen LogP contribution >= 0.6 is 0 Å². The minimum absolute atomic E-state index is 0.0182.